The van der Waals surface area contributed by atoms with E-state index >= 15 is 0 Å². The molecule has 6 rings (SSSR count). The van der Waals surface area contributed by atoms with Crippen LogP contribution in [0.3, 0.4) is 0 Å². The maximum atomic E-state index is 5.43. The first-order valence-electron chi connectivity index (χ1n) is 12.0. The molecule has 1 N–H and O–H groups in total. The number of nitrogens with zero attached hydrogens (tertiary/aromatic N) is 7. The van der Waals surface area contributed by atoms with E-state index in [-0.39, 0.29) is 0 Å². The summed E-state index contributed by atoms with van der Waals surface area (Å²) in [7, 11) is 2.22. The number of nitrogens with one attached hydrogen (secondary N) is 1. The van der Waals surface area contributed by atoms with Crippen LogP contribution in [0.4, 0.5) is 23.3 Å². The monoisotopic (exact) mass is 458 g/mol. The Labute approximate surface area is 199 Å². The van der Waals surface area contributed by atoms with Gasteiger partial charge in [-0.05, 0) is 50.2 Å². The van der Waals surface area contributed by atoms with Crippen molar-refractivity contribution >= 4 is 23.3 Å². The molecule has 2 atom stereocenters. The fourth-order valence-electron chi connectivity index (χ4n) is 5.29. The van der Waals surface area contributed by atoms with E-state index in [1.807, 2.05) is 24.5 Å². The summed E-state index contributed by atoms with van der Waals surface area (Å²) in [4.78, 5) is 25.7. The van der Waals surface area contributed by atoms with Gasteiger partial charge in [0.25, 0.3) is 0 Å². The molecule has 0 saturated carbocycles. The quantitative estimate of drug-likeness (QED) is 0.620. The highest BCUT2D eigenvalue weighted by Gasteiger charge is 2.42. The van der Waals surface area contributed by atoms with Gasteiger partial charge in [-0.25, -0.2) is 19.9 Å². The topological polar surface area (TPSA) is 82.5 Å². The lowest BCUT2D eigenvalue weighted by Crippen LogP contribution is -2.45. The van der Waals surface area contributed by atoms with Crippen LogP contribution in [0.2, 0.25) is 0 Å². The van der Waals surface area contributed by atoms with Gasteiger partial charge < -0.3 is 19.9 Å². The summed E-state index contributed by atoms with van der Waals surface area (Å²) in [6.45, 7) is 7.54. The van der Waals surface area contributed by atoms with Gasteiger partial charge >= 0.3 is 0 Å². The van der Waals surface area contributed by atoms with Crippen LogP contribution in [-0.2, 0) is 4.74 Å². The zero-order valence-electron chi connectivity index (χ0n) is 19.7. The van der Waals surface area contributed by atoms with Crippen LogP contribution in [0.1, 0.15) is 12.0 Å². The molecule has 2 bridgehead atoms. The maximum Gasteiger partial charge on any atom is 0.227 e. The number of fused-ring (bicyclic) bond motifs is 2. The first-order chi connectivity index (χ1) is 16.6. The summed E-state index contributed by atoms with van der Waals surface area (Å²) in [5.74, 6) is 2.61. The molecule has 0 radical (unpaired) electrons. The van der Waals surface area contributed by atoms with Gasteiger partial charge in [0.05, 0.1) is 30.8 Å². The second-order valence-corrected chi connectivity index (χ2v) is 9.39. The molecule has 34 heavy (non-hydrogen) atoms. The number of hydrogen-bond acceptors (Lipinski definition) is 9. The van der Waals surface area contributed by atoms with Crippen LogP contribution in [-0.4, -0.2) is 83.4 Å². The van der Waals surface area contributed by atoms with Gasteiger partial charge in [-0.1, -0.05) is 0 Å². The van der Waals surface area contributed by atoms with E-state index < -0.39 is 0 Å². The third-order valence-corrected chi connectivity index (χ3v) is 7.13. The molecule has 3 aliphatic rings. The largest absolute Gasteiger partial charge is 0.378 e. The van der Waals surface area contributed by atoms with Crippen molar-refractivity contribution in [3.63, 3.8) is 0 Å². The molecular weight excluding hydrogens is 428 g/mol. The molecule has 6 heterocycles. The molecule has 9 nitrogen and oxygen atoms in total. The summed E-state index contributed by atoms with van der Waals surface area (Å²) >= 11 is 0. The van der Waals surface area contributed by atoms with Gasteiger partial charge in [-0.2, -0.15) is 0 Å². The molecule has 3 saturated heterocycles. The van der Waals surface area contributed by atoms with Crippen LogP contribution in [0.15, 0.2) is 42.9 Å². The lowest BCUT2D eigenvalue weighted by Gasteiger charge is -2.33. The number of hydrogen-bond donors (Lipinski definition) is 1. The molecule has 3 aliphatic heterocycles. The number of aromatic nitrogens is 4. The van der Waals surface area contributed by atoms with Gasteiger partial charge in [0.2, 0.25) is 5.95 Å². The van der Waals surface area contributed by atoms with Crippen molar-refractivity contribution in [2.45, 2.75) is 25.4 Å². The Morgan fingerprint density at radius 3 is 2.59 bits per heavy atom. The van der Waals surface area contributed by atoms with Gasteiger partial charge in [0.1, 0.15) is 11.6 Å². The van der Waals surface area contributed by atoms with Crippen molar-refractivity contribution in [2.75, 3.05) is 61.6 Å². The first-order valence-corrected chi connectivity index (χ1v) is 12.0. The second-order valence-electron chi connectivity index (χ2n) is 9.39. The smallest absolute Gasteiger partial charge is 0.227 e. The number of ether oxygens (including phenoxy) is 1. The number of anilines is 4. The molecule has 3 fully saturated rings. The average Bonchev–Trinajstić information content (AvgIpc) is 3.45. The van der Waals surface area contributed by atoms with Crippen molar-refractivity contribution in [1.82, 2.24) is 24.8 Å². The number of likely N-dealkylation sites (tertiary alicyclic amines) is 1. The third-order valence-electron chi connectivity index (χ3n) is 7.13. The van der Waals surface area contributed by atoms with Crippen molar-refractivity contribution in [3.8, 4) is 11.3 Å². The Hall–Kier alpha value is -3.30. The van der Waals surface area contributed by atoms with Crippen molar-refractivity contribution in [3.05, 3.63) is 48.4 Å². The average molecular weight is 459 g/mol. The number of piperazine rings is 1. The number of aryl methyl sites for hydroxylation is 1. The fourth-order valence-corrected chi connectivity index (χ4v) is 5.29. The van der Waals surface area contributed by atoms with Crippen LogP contribution >= 0.6 is 0 Å². The highest BCUT2D eigenvalue weighted by molar-refractivity contribution is 5.64. The second kappa shape index (κ2) is 8.81. The number of likely N-dealkylation sites (N-methyl/N-ethyl adjacent to an activating group) is 1. The Morgan fingerprint density at radius 1 is 1.00 bits per heavy atom. The zero-order valence-corrected chi connectivity index (χ0v) is 19.7. The summed E-state index contributed by atoms with van der Waals surface area (Å²) in [5.41, 5.74) is 3.85. The summed E-state index contributed by atoms with van der Waals surface area (Å²) in [6, 6.07) is 9.37. The Morgan fingerprint density at radius 2 is 1.88 bits per heavy atom. The first kappa shape index (κ1) is 21.2. The predicted octanol–water partition coefficient (Wildman–Crippen LogP) is 2.71. The lowest BCUT2D eigenvalue weighted by molar-refractivity contribution is 0.122. The highest BCUT2D eigenvalue weighted by atomic mass is 16.5. The van der Waals surface area contributed by atoms with E-state index in [0.717, 1.165) is 68.0 Å². The number of morpholine rings is 1. The van der Waals surface area contributed by atoms with Crippen LogP contribution in [0, 0.1) is 6.92 Å². The molecule has 0 aromatic carbocycles. The van der Waals surface area contributed by atoms with Crippen LogP contribution in [0.5, 0.6) is 0 Å². The van der Waals surface area contributed by atoms with Crippen molar-refractivity contribution < 1.29 is 4.74 Å². The molecule has 176 valence electrons. The summed E-state index contributed by atoms with van der Waals surface area (Å²) in [6.07, 6.45) is 6.76. The molecule has 0 amide bonds. The SMILES string of the molecule is Cc1cc(Nc2nccc(-c3ccc(N4CCOCC4)nc3)n2)cnc1N1C[C@@H]2C[C@H]1CN2C. The molecule has 0 unspecified atom stereocenters. The minimum atomic E-state index is 0.547. The molecular formula is C25H30N8O. The highest BCUT2D eigenvalue weighted by Crippen LogP contribution is 2.34. The van der Waals surface area contributed by atoms with Crippen molar-refractivity contribution in [1.29, 1.82) is 0 Å². The number of rotatable bonds is 5. The van der Waals surface area contributed by atoms with E-state index in [1.54, 1.807) is 6.20 Å². The molecule has 0 aliphatic carbocycles. The maximum absolute atomic E-state index is 5.43. The van der Waals surface area contributed by atoms with Gasteiger partial charge in [-0.15, -0.1) is 0 Å². The zero-order chi connectivity index (χ0) is 23.1. The summed E-state index contributed by atoms with van der Waals surface area (Å²) < 4.78 is 5.43. The minimum Gasteiger partial charge on any atom is -0.378 e. The van der Waals surface area contributed by atoms with Gasteiger partial charge in [-0.3, -0.25) is 4.90 Å². The van der Waals surface area contributed by atoms with Crippen LogP contribution in [0.25, 0.3) is 11.3 Å². The molecule has 9 heteroatoms. The van der Waals surface area contributed by atoms with E-state index in [4.69, 9.17) is 14.7 Å². The summed E-state index contributed by atoms with van der Waals surface area (Å²) in [5, 5.41) is 3.32. The van der Waals surface area contributed by atoms with E-state index in [0.29, 0.717) is 18.0 Å². The Bertz CT molecular complexity index is 1160. The van der Waals surface area contributed by atoms with Crippen molar-refractivity contribution in [2.24, 2.45) is 0 Å². The number of pyridine rings is 2. The van der Waals surface area contributed by atoms with E-state index in [1.165, 1.54) is 12.0 Å². The van der Waals surface area contributed by atoms with Crippen LogP contribution < -0.4 is 15.1 Å². The predicted molar refractivity (Wildman–Crippen MR) is 133 cm³/mol. The van der Waals surface area contributed by atoms with Gasteiger partial charge in [0, 0.05) is 56.2 Å². The Kier molecular flexibility index (Phi) is 5.50. The molecule has 0 spiro atoms. The van der Waals surface area contributed by atoms with E-state index in [2.05, 4.69) is 56.1 Å². The van der Waals surface area contributed by atoms with E-state index in [9.17, 15) is 0 Å². The Balaban J connectivity index is 1.16. The fraction of sp³-hybridized carbons (Fsp3) is 0.440. The lowest BCUT2D eigenvalue weighted by atomic mass is 10.2. The minimum absolute atomic E-state index is 0.547. The third kappa shape index (κ3) is 4.05. The normalized spacial score (nSPS) is 22.4. The standard InChI is InChI=1S/C25H30N8O/c1-17-11-19(14-28-24(17)33-16-20-12-21(33)15-31(20)2)29-25-26-6-5-22(30-25)18-3-4-23(27-13-18)32-7-9-34-10-8-32/h3-6,11,13-14,20-21H,7-10,12,15-16H2,1-2H3,(H,26,29,30)/t20-,21-/m0/s1. The van der Waals surface area contributed by atoms with Gasteiger partial charge in [0.15, 0.2) is 0 Å². The molecule has 3 aromatic heterocycles. The molecule has 3 aromatic rings.